The summed E-state index contributed by atoms with van der Waals surface area (Å²) in [4.78, 5) is 0. The minimum atomic E-state index is -0.139. The Hall–Kier alpha value is -0.758. The normalized spacial score (nSPS) is 7.50. The van der Waals surface area contributed by atoms with Crippen LogP contribution in [0.15, 0.2) is 30.3 Å². The van der Waals surface area contributed by atoms with Crippen LogP contribution in [-0.4, -0.2) is 14.1 Å². The predicted molar refractivity (Wildman–Crippen MR) is 54.5 cm³/mol. The van der Waals surface area contributed by atoms with Gasteiger partial charge in [-0.3, -0.25) is 0 Å². The maximum Gasteiger partial charge on any atom is 0.251 e. The molecule has 0 aliphatic rings. The zero-order chi connectivity index (χ0) is 9.40. The molecule has 1 rings (SSSR count). The molecule has 0 aromatic heterocycles. The molecule has 1 nitrogen and oxygen atoms in total. The summed E-state index contributed by atoms with van der Waals surface area (Å²) >= 11 is -0.139. The smallest absolute Gasteiger partial charge is 0.192 e. The van der Waals surface area contributed by atoms with Crippen molar-refractivity contribution in [1.29, 1.82) is 5.26 Å². The van der Waals surface area contributed by atoms with Gasteiger partial charge in [-0.25, -0.2) is 0 Å². The lowest BCUT2D eigenvalue weighted by Gasteiger charge is -1.80. The van der Waals surface area contributed by atoms with E-state index in [9.17, 15) is 0 Å². The molecule has 0 unspecified atom stereocenters. The van der Waals surface area contributed by atoms with E-state index in [1.807, 2.05) is 24.3 Å². The van der Waals surface area contributed by atoms with E-state index in [1.54, 1.807) is 12.1 Å². The molecule has 0 saturated carbocycles. The van der Waals surface area contributed by atoms with Crippen LogP contribution in [0.25, 0.3) is 0 Å². The van der Waals surface area contributed by atoms with Crippen molar-refractivity contribution in [1.82, 2.24) is 0 Å². The molecule has 0 aliphatic carbocycles. The maximum atomic E-state index is 8.29. The van der Waals surface area contributed by atoms with Gasteiger partial charge in [0.25, 0.3) is 14.1 Å². The molecular weight excluding hydrogens is 161 g/mol. The minimum absolute atomic E-state index is 0.139. The average molecular weight is 175 g/mol. The Bertz CT molecular complexity index is 233. The van der Waals surface area contributed by atoms with Gasteiger partial charge in [0.05, 0.1) is 11.6 Å². The van der Waals surface area contributed by atoms with Crippen LogP contribution in [0.5, 0.6) is 0 Å². The lowest BCUT2D eigenvalue weighted by Crippen LogP contribution is -1.84. The van der Waals surface area contributed by atoms with Crippen LogP contribution in [0.4, 0.5) is 0 Å². The number of rotatable bonds is 0. The Balaban J connectivity index is 0.000000261. The third kappa shape index (κ3) is 7.35. The summed E-state index contributed by atoms with van der Waals surface area (Å²) in [6, 6.07) is 11.2. The fourth-order valence-corrected chi connectivity index (χ4v) is 0.513. The Morgan fingerprint density at radius 3 is 1.75 bits per heavy atom. The van der Waals surface area contributed by atoms with Crippen molar-refractivity contribution < 1.29 is 0 Å². The first-order chi connectivity index (χ1) is 5.66. The van der Waals surface area contributed by atoms with E-state index in [2.05, 4.69) is 17.4 Å². The third-order valence-corrected chi connectivity index (χ3v) is 0.903. The summed E-state index contributed by atoms with van der Waals surface area (Å²) in [5, 5.41) is 8.29. The lowest BCUT2D eigenvalue weighted by atomic mass is 10.2. The first kappa shape index (κ1) is 11.2. The molecule has 2 heteroatoms. The van der Waals surface area contributed by atoms with E-state index < -0.39 is 0 Å². The van der Waals surface area contributed by atoms with E-state index in [1.165, 1.54) is 0 Å². The zero-order valence-electron chi connectivity index (χ0n) is 7.91. The molecule has 0 aliphatic heterocycles. The van der Waals surface area contributed by atoms with Crippen LogP contribution in [0.2, 0.25) is 17.4 Å². The Morgan fingerprint density at radius 1 is 1.08 bits per heavy atom. The van der Waals surface area contributed by atoms with Gasteiger partial charge in [0.2, 0.25) is 0 Å². The van der Waals surface area contributed by atoms with E-state index >= 15 is 0 Å². The van der Waals surface area contributed by atoms with Crippen molar-refractivity contribution >= 4 is 14.1 Å². The predicted octanol–water partition coefficient (Wildman–Crippen LogP) is 2.93. The molecule has 1 aromatic carbocycles. The fourth-order valence-electron chi connectivity index (χ4n) is 0.513. The van der Waals surface area contributed by atoms with Crippen LogP contribution in [0.1, 0.15) is 5.56 Å². The molecule has 0 amide bonds. The monoisotopic (exact) mass is 175 g/mol. The molecule has 1 aromatic rings. The van der Waals surface area contributed by atoms with Crippen molar-refractivity contribution in [2.75, 3.05) is 0 Å². The SMILES string of the molecule is N#Cc1ccccc1.[CH3][Al]([CH3])[CH3]. The summed E-state index contributed by atoms with van der Waals surface area (Å²) in [6.45, 7) is 0. The number of hydrogen-bond donors (Lipinski definition) is 0. The second kappa shape index (κ2) is 6.92. The van der Waals surface area contributed by atoms with Gasteiger partial charge >= 0.3 is 0 Å². The quantitative estimate of drug-likeness (QED) is 0.556. The summed E-state index contributed by atoms with van der Waals surface area (Å²) in [6.07, 6.45) is 0. The van der Waals surface area contributed by atoms with Crippen LogP contribution in [0.3, 0.4) is 0 Å². The molecule has 0 fully saturated rings. The fraction of sp³-hybridized carbons (Fsp3) is 0.300. The first-order valence-corrected chi connectivity index (χ1v) is 7.58. The summed E-state index contributed by atoms with van der Waals surface area (Å²) in [7, 11) is 0. The number of nitriles is 1. The highest BCUT2D eigenvalue weighted by Crippen LogP contribution is 1.93. The van der Waals surface area contributed by atoms with Gasteiger partial charge < -0.3 is 0 Å². The highest BCUT2D eigenvalue weighted by molar-refractivity contribution is 6.54. The van der Waals surface area contributed by atoms with Gasteiger partial charge in [-0.2, -0.15) is 5.26 Å². The van der Waals surface area contributed by atoms with Crippen molar-refractivity contribution in [3.63, 3.8) is 0 Å². The second-order valence-electron chi connectivity index (χ2n) is 3.21. The molecule has 0 radical (unpaired) electrons. The molecule has 0 N–H and O–H groups in total. The summed E-state index contributed by atoms with van der Waals surface area (Å²) < 4.78 is 0. The van der Waals surface area contributed by atoms with Gasteiger partial charge in [-0.15, -0.1) is 17.4 Å². The van der Waals surface area contributed by atoms with Crippen LogP contribution in [-0.2, 0) is 0 Å². The standard InChI is InChI=1S/C7H5N.3CH3.Al/c8-6-7-4-2-1-3-5-7;;;;/h1-5H;3*1H3;. The molecule has 0 bridgehead atoms. The van der Waals surface area contributed by atoms with E-state index in [0.29, 0.717) is 5.56 Å². The highest BCUT2D eigenvalue weighted by atomic mass is 27.2. The molecule has 0 heterocycles. The van der Waals surface area contributed by atoms with E-state index in [-0.39, 0.29) is 14.1 Å². The Labute approximate surface area is 79.0 Å². The minimum Gasteiger partial charge on any atom is -0.192 e. The average Bonchev–Trinajstić information content (AvgIpc) is 2.05. The van der Waals surface area contributed by atoms with Gasteiger partial charge in [0, 0.05) is 0 Å². The third-order valence-electron chi connectivity index (χ3n) is 0.903. The molecule has 0 saturated heterocycles. The molecule has 12 heavy (non-hydrogen) atoms. The van der Waals surface area contributed by atoms with Crippen molar-refractivity contribution in [3.05, 3.63) is 35.9 Å². The molecular formula is C10H14AlN. The highest BCUT2D eigenvalue weighted by Gasteiger charge is 1.82. The maximum absolute atomic E-state index is 8.29. The Morgan fingerprint density at radius 2 is 1.50 bits per heavy atom. The van der Waals surface area contributed by atoms with Gasteiger partial charge in [-0.05, 0) is 12.1 Å². The molecule has 62 valence electrons. The van der Waals surface area contributed by atoms with Gasteiger partial charge in [0.1, 0.15) is 0 Å². The lowest BCUT2D eigenvalue weighted by molar-refractivity contribution is 1.49. The number of nitrogens with zero attached hydrogens (tertiary/aromatic N) is 1. The Kier molecular flexibility index (Phi) is 6.49. The largest absolute Gasteiger partial charge is 0.251 e. The van der Waals surface area contributed by atoms with Crippen molar-refractivity contribution in [3.8, 4) is 6.07 Å². The van der Waals surface area contributed by atoms with Crippen LogP contribution < -0.4 is 0 Å². The number of hydrogen-bond acceptors (Lipinski definition) is 1. The zero-order valence-corrected chi connectivity index (χ0v) is 9.07. The van der Waals surface area contributed by atoms with Crippen molar-refractivity contribution in [2.24, 2.45) is 0 Å². The molecule has 0 spiro atoms. The summed E-state index contributed by atoms with van der Waals surface area (Å²) in [5.41, 5.74) is 0.715. The van der Waals surface area contributed by atoms with Crippen molar-refractivity contribution in [2.45, 2.75) is 17.4 Å². The van der Waals surface area contributed by atoms with E-state index in [0.717, 1.165) is 0 Å². The summed E-state index contributed by atoms with van der Waals surface area (Å²) in [5.74, 6) is 6.92. The molecule has 0 atom stereocenters. The second-order valence-corrected chi connectivity index (χ2v) is 6.67. The van der Waals surface area contributed by atoms with Crippen LogP contribution >= 0.6 is 0 Å². The number of benzene rings is 1. The van der Waals surface area contributed by atoms with Gasteiger partial charge in [-0.1, -0.05) is 18.2 Å². The topological polar surface area (TPSA) is 23.8 Å². The first-order valence-electron chi connectivity index (χ1n) is 4.12. The van der Waals surface area contributed by atoms with E-state index in [4.69, 9.17) is 5.26 Å². The van der Waals surface area contributed by atoms with Gasteiger partial charge in [0.15, 0.2) is 0 Å². The van der Waals surface area contributed by atoms with Crippen LogP contribution in [0, 0.1) is 11.3 Å².